The first-order valence-corrected chi connectivity index (χ1v) is 5.56. The summed E-state index contributed by atoms with van der Waals surface area (Å²) in [7, 11) is 0. The molecule has 0 radical (unpaired) electrons. The van der Waals surface area contributed by atoms with Crippen LogP contribution < -0.4 is 5.73 Å². The van der Waals surface area contributed by atoms with Crippen molar-refractivity contribution >= 4 is 32.7 Å². The molecule has 0 heterocycles. The molecule has 0 unspecified atom stereocenters. The number of carboxylic acids is 1. The molecule has 3 nitrogen and oxygen atoms in total. The maximum absolute atomic E-state index is 10.8. The van der Waals surface area contributed by atoms with Gasteiger partial charge in [0, 0.05) is 4.47 Å². The fraction of sp³-hybridized carbons (Fsp3) is 0.0833. The van der Waals surface area contributed by atoms with Crippen LogP contribution in [0.4, 0.5) is 0 Å². The lowest BCUT2D eigenvalue weighted by Crippen LogP contribution is -2.21. The molecule has 3 N–H and O–H groups in total. The van der Waals surface area contributed by atoms with E-state index in [1.165, 1.54) is 0 Å². The standard InChI is InChI=1S/C12H10BrNO2/c13-10-8-4-2-1-3-7(8)5-6-9(10)11(14)12(15)16/h1-6,11H,14H2,(H,15,16)/t11-/m0/s1. The average Bonchev–Trinajstić information content (AvgIpc) is 2.29. The first kappa shape index (κ1) is 11.1. The number of fused-ring (bicyclic) bond motifs is 1. The Kier molecular flexibility index (Phi) is 2.94. The second-order valence-electron chi connectivity index (χ2n) is 3.51. The Bertz CT molecular complexity index is 554. The molecular formula is C12H10BrNO2. The van der Waals surface area contributed by atoms with E-state index in [1.54, 1.807) is 6.07 Å². The van der Waals surface area contributed by atoms with Gasteiger partial charge in [-0.3, -0.25) is 4.79 Å². The highest BCUT2D eigenvalue weighted by atomic mass is 79.9. The van der Waals surface area contributed by atoms with Crippen molar-refractivity contribution in [1.82, 2.24) is 0 Å². The van der Waals surface area contributed by atoms with Crippen LogP contribution in [0, 0.1) is 0 Å². The van der Waals surface area contributed by atoms with Gasteiger partial charge in [-0.2, -0.15) is 0 Å². The van der Waals surface area contributed by atoms with E-state index in [4.69, 9.17) is 10.8 Å². The summed E-state index contributed by atoms with van der Waals surface area (Å²) in [5.74, 6) is -1.03. The zero-order valence-electron chi connectivity index (χ0n) is 8.35. The number of rotatable bonds is 2. The van der Waals surface area contributed by atoms with Gasteiger partial charge in [-0.25, -0.2) is 0 Å². The predicted octanol–water partition coefficient (Wildman–Crippen LogP) is 2.69. The summed E-state index contributed by atoms with van der Waals surface area (Å²) in [5, 5.41) is 10.9. The van der Waals surface area contributed by atoms with Crippen LogP contribution in [0.2, 0.25) is 0 Å². The Hall–Kier alpha value is -1.39. The molecule has 0 fully saturated rings. The first-order valence-electron chi connectivity index (χ1n) is 4.77. The topological polar surface area (TPSA) is 63.3 Å². The highest BCUT2D eigenvalue weighted by molar-refractivity contribution is 9.10. The Labute approximate surface area is 101 Å². The summed E-state index contributed by atoms with van der Waals surface area (Å²) < 4.78 is 0.750. The Balaban J connectivity index is 2.65. The third-order valence-corrected chi connectivity index (χ3v) is 3.38. The fourth-order valence-corrected chi connectivity index (χ4v) is 2.36. The summed E-state index contributed by atoms with van der Waals surface area (Å²) in [6.07, 6.45) is 0. The molecule has 0 aliphatic rings. The summed E-state index contributed by atoms with van der Waals surface area (Å²) >= 11 is 3.41. The van der Waals surface area contributed by atoms with E-state index in [2.05, 4.69) is 15.9 Å². The summed E-state index contributed by atoms with van der Waals surface area (Å²) in [5.41, 5.74) is 6.19. The summed E-state index contributed by atoms with van der Waals surface area (Å²) in [4.78, 5) is 10.8. The van der Waals surface area contributed by atoms with E-state index < -0.39 is 12.0 Å². The van der Waals surface area contributed by atoms with Crippen molar-refractivity contribution in [3.63, 3.8) is 0 Å². The van der Waals surface area contributed by atoms with E-state index in [0.717, 1.165) is 15.2 Å². The van der Waals surface area contributed by atoms with Gasteiger partial charge in [-0.15, -0.1) is 0 Å². The lowest BCUT2D eigenvalue weighted by Gasteiger charge is -2.11. The van der Waals surface area contributed by atoms with Gasteiger partial charge in [0.1, 0.15) is 6.04 Å². The minimum Gasteiger partial charge on any atom is -0.480 e. The number of aliphatic carboxylic acids is 1. The van der Waals surface area contributed by atoms with Crippen molar-refractivity contribution in [2.75, 3.05) is 0 Å². The largest absolute Gasteiger partial charge is 0.480 e. The van der Waals surface area contributed by atoms with Crippen molar-refractivity contribution in [1.29, 1.82) is 0 Å². The highest BCUT2D eigenvalue weighted by Gasteiger charge is 2.18. The van der Waals surface area contributed by atoms with Crippen molar-refractivity contribution < 1.29 is 9.90 Å². The van der Waals surface area contributed by atoms with Crippen molar-refractivity contribution in [3.05, 3.63) is 46.4 Å². The first-order chi connectivity index (χ1) is 7.61. The molecule has 0 aliphatic heterocycles. The highest BCUT2D eigenvalue weighted by Crippen LogP contribution is 2.30. The van der Waals surface area contributed by atoms with Crippen LogP contribution in [0.5, 0.6) is 0 Å². The molecular weight excluding hydrogens is 270 g/mol. The smallest absolute Gasteiger partial charge is 0.325 e. The van der Waals surface area contributed by atoms with Gasteiger partial charge >= 0.3 is 5.97 Å². The van der Waals surface area contributed by atoms with Gasteiger partial charge in [0.15, 0.2) is 0 Å². The van der Waals surface area contributed by atoms with Gasteiger partial charge < -0.3 is 10.8 Å². The molecule has 0 aliphatic carbocycles. The summed E-state index contributed by atoms with van der Waals surface area (Å²) in [6.45, 7) is 0. The van der Waals surface area contributed by atoms with Crippen molar-refractivity contribution in [3.8, 4) is 0 Å². The number of nitrogens with two attached hydrogens (primary N) is 1. The molecule has 2 rings (SSSR count). The number of benzene rings is 2. The van der Waals surface area contributed by atoms with Gasteiger partial charge in [0.05, 0.1) is 0 Å². The van der Waals surface area contributed by atoms with Crippen LogP contribution in [-0.4, -0.2) is 11.1 Å². The molecule has 0 bridgehead atoms. The Morgan fingerprint density at radius 1 is 1.25 bits per heavy atom. The van der Waals surface area contributed by atoms with E-state index in [9.17, 15) is 4.79 Å². The Morgan fingerprint density at radius 3 is 2.62 bits per heavy atom. The van der Waals surface area contributed by atoms with Gasteiger partial charge in [0.25, 0.3) is 0 Å². The van der Waals surface area contributed by atoms with Gasteiger partial charge in [-0.1, -0.05) is 36.4 Å². The third kappa shape index (κ3) is 1.81. The zero-order chi connectivity index (χ0) is 11.7. The fourth-order valence-electron chi connectivity index (χ4n) is 1.62. The van der Waals surface area contributed by atoms with E-state index >= 15 is 0 Å². The minimum absolute atomic E-state index is 0.589. The molecule has 1 atom stereocenters. The predicted molar refractivity (Wildman–Crippen MR) is 66.2 cm³/mol. The van der Waals surface area contributed by atoms with Gasteiger partial charge in [-0.05, 0) is 32.3 Å². The second kappa shape index (κ2) is 4.23. The lowest BCUT2D eigenvalue weighted by atomic mass is 10.0. The molecule has 2 aromatic rings. The zero-order valence-corrected chi connectivity index (χ0v) is 9.94. The quantitative estimate of drug-likeness (QED) is 0.889. The second-order valence-corrected chi connectivity index (χ2v) is 4.30. The molecule has 4 heteroatoms. The molecule has 82 valence electrons. The van der Waals surface area contributed by atoms with E-state index in [-0.39, 0.29) is 0 Å². The van der Waals surface area contributed by atoms with Gasteiger partial charge in [0.2, 0.25) is 0 Å². The van der Waals surface area contributed by atoms with Crippen LogP contribution in [0.3, 0.4) is 0 Å². The number of hydrogen-bond donors (Lipinski definition) is 2. The van der Waals surface area contributed by atoms with E-state index in [0.29, 0.717) is 5.56 Å². The molecule has 0 spiro atoms. The number of halogens is 1. The SMILES string of the molecule is N[C@H](C(=O)O)c1ccc2ccccc2c1Br. The molecule has 0 aromatic heterocycles. The van der Waals surface area contributed by atoms with Crippen LogP contribution in [0.15, 0.2) is 40.9 Å². The monoisotopic (exact) mass is 279 g/mol. The third-order valence-electron chi connectivity index (χ3n) is 2.49. The summed E-state index contributed by atoms with van der Waals surface area (Å²) in [6, 6.07) is 10.4. The van der Waals surface area contributed by atoms with Crippen molar-refractivity contribution in [2.24, 2.45) is 5.73 Å². The van der Waals surface area contributed by atoms with Crippen LogP contribution >= 0.6 is 15.9 Å². The van der Waals surface area contributed by atoms with E-state index in [1.807, 2.05) is 30.3 Å². The van der Waals surface area contributed by atoms with Crippen LogP contribution in [0.1, 0.15) is 11.6 Å². The molecule has 2 aromatic carbocycles. The number of carbonyl (C=O) groups is 1. The van der Waals surface area contributed by atoms with Crippen LogP contribution in [0.25, 0.3) is 10.8 Å². The number of carboxylic acid groups (broad SMARTS) is 1. The van der Waals surface area contributed by atoms with Crippen molar-refractivity contribution in [2.45, 2.75) is 6.04 Å². The van der Waals surface area contributed by atoms with Crippen LogP contribution in [-0.2, 0) is 4.79 Å². The normalized spacial score (nSPS) is 12.6. The minimum atomic E-state index is -1.03. The lowest BCUT2D eigenvalue weighted by molar-refractivity contribution is -0.138. The molecule has 0 saturated heterocycles. The average molecular weight is 280 g/mol. The maximum atomic E-state index is 10.8. The molecule has 16 heavy (non-hydrogen) atoms. The maximum Gasteiger partial charge on any atom is 0.325 e. The molecule has 0 amide bonds. The Morgan fingerprint density at radius 2 is 1.94 bits per heavy atom. The molecule has 0 saturated carbocycles. The number of hydrogen-bond acceptors (Lipinski definition) is 2.